The maximum absolute atomic E-state index is 9.77. The van der Waals surface area contributed by atoms with Crippen molar-refractivity contribution in [3.05, 3.63) is 30.1 Å². The van der Waals surface area contributed by atoms with Gasteiger partial charge in [0.1, 0.15) is 6.10 Å². The standard InChI is InChI=1S/C10H11BrN2O2/c11-4-9(14)10(15)6-1-2-7-8(3-6)13-5-12-7/h1-3,5,9-10,14-15H,4H2,(H,12,13). The molecular weight excluding hydrogens is 260 g/mol. The van der Waals surface area contributed by atoms with Crippen molar-refractivity contribution in [2.24, 2.45) is 0 Å². The minimum atomic E-state index is -0.878. The monoisotopic (exact) mass is 270 g/mol. The van der Waals surface area contributed by atoms with Crippen molar-refractivity contribution in [2.45, 2.75) is 12.2 Å². The van der Waals surface area contributed by atoms with E-state index in [0.29, 0.717) is 10.9 Å². The third kappa shape index (κ3) is 2.04. The third-order valence-corrected chi connectivity index (χ3v) is 2.97. The van der Waals surface area contributed by atoms with Crippen LogP contribution in [0.5, 0.6) is 0 Å². The van der Waals surface area contributed by atoms with Crippen LogP contribution < -0.4 is 0 Å². The minimum absolute atomic E-state index is 0.342. The van der Waals surface area contributed by atoms with Crippen molar-refractivity contribution in [3.8, 4) is 0 Å². The number of benzene rings is 1. The van der Waals surface area contributed by atoms with Crippen LogP contribution in [0.4, 0.5) is 0 Å². The molecule has 0 bridgehead atoms. The summed E-state index contributed by atoms with van der Waals surface area (Å²) >= 11 is 3.12. The van der Waals surface area contributed by atoms with Crippen molar-refractivity contribution in [2.75, 3.05) is 5.33 Å². The first kappa shape index (κ1) is 10.6. The molecule has 1 heterocycles. The fraction of sp³-hybridized carbons (Fsp3) is 0.300. The SMILES string of the molecule is OC(CBr)C(O)c1ccc2nc[nH]c2c1. The van der Waals surface area contributed by atoms with Crippen LogP contribution in [0.1, 0.15) is 11.7 Å². The fourth-order valence-corrected chi connectivity index (χ4v) is 1.80. The fourth-order valence-electron chi connectivity index (χ4n) is 1.44. The van der Waals surface area contributed by atoms with Crippen LogP contribution in [0.3, 0.4) is 0 Å². The van der Waals surface area contributed by atoms with E-state index in [1.54, 1.807) is 18.5 Å². The van der Waals surface area contributed by atoms with Crippen LogP contribution in [0, 0.1) is 0 Å². The highest BCUT2D eigenvalue weighted by Gasteiger charge is 2.17. The van der Waals surface area contributed by atoms with Crippen LogP contribution in [0.15, 0.2) is 24.5 Å². The van der Waals surface area contributed by atoms with E-state index in [9.17, 15) is 10.2 Å². The molecule has 0 aliphatic carbocycles. The van der Waals surface area contributed by atoms with Crippen LogP contribution in [0.2, 0.25) is 0 Å². The Bertz CT molecular complexity index is 457. The van der Waals surface area contributed by atoms with Gasteiger partial charge < -0.3 is 15.2 Å². The molecule has 0 spiro atoms. The first-order chi connectivity index (χ1) is 7.22. The molecule has 0 aliphatic heterocycles. The van der Waals surface area contributed by atoms with Gasteiger partial charge >= 0.3 is 0 Å². The lowest BCUT2D eigenvalue weighted by molar-refractivity contribution is 0.0343. The summed E-state index contributed by atoms with van der Waals surface area (Å²) in [5, 5.41) is 19.6. The molecule has 0 aliphatic rings. The maximum Gasteiger partial charge on any atom is 0.106 e. The van der Waals surface area contributed by atoms with Gasteiger partial charge in [-0.1, -0.05) is 22.0 Å². The summed E-state index contributed by atoms with van der Waals surface area (Å²) in [5.74, 6) is 0. The minimum Gasteiger partial charge on any atom is -0.389 e. The van der Waals surface area contributed by atoms with E-state index in [4.69, 9.17) is 0 Å². The number of alkyl halides is 1. The van der Waals surface area contributed by atoms with Gasteiger partial charge in [-0.25, -0.2) is 4.98 Å². The van der Waals surface area contributed by atoms with Crippen molar-refractivity contribution in [1.82, 2.24) is 9.97 Å². The van der Waals surface area contributed by atoms with E-state index >= 15 is 0 Å². The summed E-state index contributed by atoms with van der Waals surface area (Å²) in [7, 11) is 0. The Kier molecular flexibility index (Phi) is 3.04. The molecule has 2 atom stereocenters. The Morgan fingerprint density at radius 3 is 2.93 bits per heavy atom. The van der Waals surface area contributed by atoms with E-state index in [2.05, 4.69) is 25.9 Å². The predicted octanol–water partition coefficient (Wildman–Crippen LogP) is 1.35. The number of nitrogens with one attached hydrogen (secondary N) is 1. The summed E-state index contributed by atoms with van der Waals surface area (Å²) in [5.41, 5.74) is 2.38. The van der Waals surface area contributed by atoms with E-state index in [1.165, 1.54) is 0 Å². The highest BCUT2D eigenvalue weighted by molar-refractivity contribution is 9.09. The number of hydrogen-bond acceptors (Lipinski definition) is 3. The lowest BCUT2D eigenvalue weighted by atomic mass is 10.1. The van der Waals surface area contributed by atoms with Gasteiger partial charge in [0, 0.05) is 5.33 Å². The molecule has 0 saturated heterocycles. The molecule has 5 heteroatoms. The average Bonchev–Trinajstić information content (AvgIpc) is 2.73. The molecule has 2 unspecified atom stereocenters. The molecule has 0 fully saturated rings. The Balaban J connectivity index is 2.35. The van der Waals surface area contributed by atoms with Crippen LogP contribution in [0.25, 0.3) is 11.0 Å². The van der Waals surface area contributed by atoms with E-state index < -0.39 is 12.2 Å². The predicted molar refractivity (Wildman–Crippen MR) is 60.9 cm³/mol. The van der Waals surface area contributed by atoms with Crippen molar-refractivity contribution in [1.29, 1.82) is 0 Å². The molecule has 2 aromatic rings. The second kappa shape index (κ2) is 4.30. The van der Waals surface area contributed by atoms with E-state index in [-0.39, 0.29) is 0 Å². The number of aromatic amines is 1. The Hall–Kier alpha value is -0.910. The number of halogens is 1. The highest BCUT2D eigenvalue weighted by Crippen LogP contribution is 2.21. The van der Waals surface area contributed by atoms with Gasteiger partial charge in [0.25, 0.3) is 0 Å². The second-order valence-corrected chi connectivity index (χ2v) is 3.99. The third-order valence-electron chi connectivity index (χ3n) is 2.31. The van der Waals surface area contributed by atoms with Gasteiger partial charge in [0.2, 0.25) is 0 Å². The molecule has 1 aromatic heterocycles. The molecule has 0 saturated carbocycles. The second-order valence-electron chi connectivity index (χ2n) is 3.35. The zero-order valence-electron chi connectivity index (χ0n) is 7.89. The lowest BCUT2D eigenvalue weighted by Crippen LogP contribution is -2.19. The summed E-state index contributed by atoms with van der Waals surface area (Å²) in [6.07, 6.45) is -0.0793. The normalized spacial score (nSPS) is 15.4. The number of H-pyrrole nitrogens is 1. The average molecular weight is 271 g/mol. The number of imidazole rings is 1. The lowest BCUT2D eigenvalue weighted by Gasteiger charge is -2.15. The molecule has 3 N–H and O–H groups in total. The number of fused-ring (bicyclic) bond motifs is 1. The quantitative estimate of drug-likeness (QED) is 0.738. The summed E-state index contributed by atoms with van der Waals surface area (Å²) in [4.78, 5) is 7.03. The molecule has 2 rings (SSSR count). The number of aliphatic hydroxyl groups is 2. The van der Waals surface area contributed by atoms with Gasteiger partial charge in [-0.05, 0) is 17.7 Å². The smallest absolute Gasteiger partial charge is 0.106 e. The van der Waals surface area contributed by atoms with E-state index in [0.717, 1.165) is 11.0 Å². The molecule has 80 valence electrons. The summed E-state index contributed by atoms with van der Waals surface area (Å²) < 4.78 is 0. The number of aliphatic hydroxyl groups excluding tert-OH is 2. The van der Waals surface area contributed by atoms with Crippen LogP contribution >= 0.6 is 15.9 Å². The highest BCUT2D eigenvalue weighted by atomic mass is 79.9. The van der Waals surface area contributed by atoms with Crippen molar-refractivity contribution in [3.63, 3.8) is 0 Å². The van der Waals surface area contributed by atoms with Crippen molar-refractivity contribution >= 4 is 27.0 Å². The maximum atomic E-state index is 9.77. The number of rotatable bonds is 3. The van der Waals surface area contributed by atoms with Gasteiger partial charge in [0.05, 0.1) is 23.5 Å². The first-order valence-corrected chi connectivity index (χ1v) is 5.69. The van der Waals surface area contributed by atoms with Gasteiger partial charge in [-0.15, -0.1) is 0 Å². The number of nitrogens with zero attached hydrogens (tertiary/aromatic N) is 1. The first-order valence-electron chi connectivity index (χ1n) is 4.57. The van der Waals surface area contributed by atoms with Gasteiger partial charge in [-0.2, -0.15) is 0 Å². The topological polar surface area (TPSA) is 69.1 Å². The number of aromatic nitrogens is 2. The molecule has 0 radical (unpaired) electrons. The van der Waals surface area contributed by atoms with Crippen molar-refractivity contribution < 1.29 is 10.2 Å². The molecular formula is C10H11BrN2O2. The van der Waals surface area contributed by atoms with Gasteiger partial charge in [-0.3, -0.25) is 0 Å². The van der Waals surface area contributed by atoms with E-state index in [1.807, 2.05) is 6.07 Å². The molecule has 0 amide bonds. The zero-order valence-corrected chi connectivity index (χ0v) is 9.48. The van der Waals surface area contributed by atoms with Crippen LogP contribution in [-0.4, -0.2) is 31.6 Å². The summed E-state index contributed by atoms with van der Waals surface area (Å²) in [6, 6.07) is 5.37. The molecule has 15 heavy (non-hydrogen) atoms. The zero-order chi connectivity index (χ0) is 10.8. The number of hydrogen-bond donors (Lipinski definition) is 3. The Morgan fingerprint density at radius 2 is 2.20 bits per heavy atom. The summed E-state index contributed by atoms with van der Waals surface area (Å²) in [6.45, 7) is 0. The van der Waals surface area contributed by atoms with Gasteiger partial charge in [0.15, 0.2) is 0 Å². The largest absolute Gasteiger partial charge is 0.389 e. The Labute approximate surface area is 95.1 Å². The van der Waals surface area contributed by atoms with Crippen LogP contribution in [-0.2, 0) is 0 Å². The Morgan fingerprint density at radius 1 is 1.40 bits per heavy atom. The molecule has 4 nitrogen and oxygen atoms in total. The molecule has 1 aromatic carbocycles.